The molecule has 2 aromatic carbocycles. The van der Waals surface area contributed by atoms with Crippen molar-refractivity contribution in [3.8, 4) is 0 Å². The highest BCUT2D eigenvalue weighted by Gasteiger charge is 2.52. The topological polar surface area (TPSA) is 83.6 Å². The number of rotatable bonds is 3. The second-order valence-corrected chi connectivity index (χ2v) is 5.35. The first-order valence-corrected chi connectivity index (χ1v) is 6.98. The summed E-state index contributed by atoms with van der Waals surface area (Å²) in [5.74, 6) is -1.19. The number of fused-ring (bicyclic) bond motifs is 1. The molecule has 2 atom stereocenters. The monoisotopic (exact) mass is 296 g/mol. The molecule has 112 valence electrons. The number of carbonyl (C=O) groups excluding carboxylic acids is 2. The molecule has 3 N–H and O–H groups in total. The molecule has 2 unspecified atom stereocenters. The number of hydrogen-bond donors (Lipinski definition) is 2. The lowest BCUT2D eigenvalue weighted by Gasteiger charge is -2.26. The number of nitrogens with two attached hydrogens (primary N) is 1. The van der Waals surface area contributed by atoms with Crippen LogP contribution < -0.4 is 10.6 Å². The number of benzene rings is 2. The van der Waals surface area contributed by atoms with Crippen LogP contribution in [0.15, 0.2) is 54.6 Å². The van der Waals surface area contributed by atoms with Gasteiger partial charge in [-0.25, -0.2) is 0 Å². The Labute approximate surface area is 128 Å². The number of hydrogen-bond acceptors (Lipinski definition) is 3. The third kappa shape index (κ3) is 1.83. The quantitative estimate of drug-likeness (QED) is 0.891. The Bertz CT molecular complexity index is 745. The van der Waals surface area contributed by atoms with Gasteiger partial charge in [0.1, 0.15) is 6.04 Å². The molecule has 5 heteroatoms. The van der Waals surface area contributed by atoms with Crippen molar-refractivity contribution in [1.29, 1.82) is 0 Å². The first-order valence-electron chi connectivity index (χ1n) is 6.98. The third-order valence-corrected chi connectivity index (χ3v) is 4.07. The van der Waals surface area contributed by atoms with Gasteiger partial charge < -0.3 is 10.8 Å². The van der Waals surface area contributed by atoms with Crippen molar-refractivity contribution in [2.45, 2.75) is 18.6 Å². The lowest BCUT2D eigenvalue weighted by atomic mass is 9.87. The summed E-state index contributed by atoms with van der Waals surface area (Å²) < 4.78 is 0. The molecule has 2 aromatic rings. The first-order chi connectivity index (χ1) is 10.5. The van der Waals surface area contributed by atoms with Gasteiger partial charge in [0.25, 0.3) is 5.91 Å². The molecule has 1 heterocycles. The van der Waals surface area contributed by atoms with Crippen LogP contribution in [0, 0.1) is 0 Å². The zero-order valence-corrected chi connectivity index (χ0v) is 12.1. The molecule has 0 aliphatic carbocycles. The van der Waals surface area contributed by atoms with E-state index in [2.05, 4.69) is 0 Å². The summed E-state index contributed by atoms with van der Waals surface area (Å²) in [6, 6.07) is 14.7. The van der Waals surface area contributed by atoms with Crippen molar-refractivity contribution in [3.63, 3.8) is 0 Å². The number of carbonyl (C=O) groups is 2. The van der Waals surface area contributed by atoms with E-state index in [-0.39, 0.29) is 0 Å². The summed E-state index contributed by atoms with van der Waals surface area (Å²) in [5, 5.41) is 11.1. The van der Waals surface area contributed by atoms with Gasteiger partial charge in [0.05, 0.1) is 5.69 Å². The standard InChI is InChI=1S/C17H16N2O3/c1-11(15(18)20)19-14-10-6-5-9-13(14)17(22,16(19)21)12-7-3-2-4-8-12/h2-11,22H,1H3,(H2,18,20). The summed E-state index contributed by atoms with van der Waals surface area (Å²) in [5.41, 5.74) is 4.97. The zero-order valence-electron chi connectivity index (χ0n) is 12.1. The summed E-state index contributed by atoms with van der Waals surface area (Å²) in [4.78, 5) is 25.7. The molecule has 0 fully saturated rings. The van der Waals surface area contributed by atoms with Gasteiger partial charge in [-0.2, -0.15) is 0 Å². The van der Waals surface area contributed by atoms with E-state index in [0.717, 1.165) is 0 Å². The molecule has 1 aliphatic heterocycles. The molecule has 0 spiro atoms. The van der Waals surface area contributed by atoms with E-state index in [1.54, 1.807) is 55.5 Å². The number of aliphatic hydroxyl groups is 1. The molecule has 2 amide bonds. The summed E-state index contributed by atoms with van der Waals surface area (Å²) in [6.45, 7) is 1.55. The second kappa shape index (κ2) is 4.96. The molecule has 0 radical (unpaired) electrons. The Hall–Kier alpha value is -2.66. The van der Waals surface area contributed by atoms with Crippen molar-refractivity contribution < 1.29 is 14.7 Å². The van der Waals surface area contributed by atoms with Gasteiger partial charge >= 0.3 is 0 Å². The average molecular weight is 296 g/mol. The van der Waals surface area contributed by atoms with Gasteiger partial charge in [0.15, 0.2) is 5.60 Å². The Morgan fingerprint density at radius 3 is 2.36 bits per heavy atom. The number of anilines is 1. The fourth-order valence-corrected chi connectivity index (χ4v) is 2.86. The second-order valence-electron chi connectivity index (χ2n) is 5.35. The van der Waals surface area contributed by atoms with E-state index in [9.17, 15) is 14.7 Å². The number of nitrogens with zero attached hydrogens (tertiary/aromatic N) is 1. The maximum Gasteiger partial charge on any atom is 0.269 e. The van der Waals surface area contributed by atoms with E-state index in [4.69, 9.17) is 5.73 Å². The predicted octanol–water partition coefficient (Wildman–Crippen LogP) is 1.14. The van der Waals surface area contributed by atoms with Crippen molar-refractivity contribution in [1.82, 2.24) is 0 Å². The maximum absolute atomic E-state index is 12.9. The third-order valence-electron chi connectivity index (χ3n) is 4.07. The van der Waals surface area contributed by atoms with Crippen LogP contribution >= 0.6 is 0 Å². The molecule has 1 aliphatic rings. The Morgan fingerprint density at radius 1 is 1.14 bits per heavy atom. The van der Waals surface area contributed by atoms with Crippen LogP contribution in [0.5, 0.6) is 0 Å². The fourth-order valence-electron chi connectivity index (χ4n) is 2.86. The minimum atomic E-state index is -1.80. The van der Waals surface area contributed by atoms with Gasteiger partial charge in [-0.3, -0.25) is 14.5 Å². The average Bonchev–Trinajstić information content (AvgIpc) is 2.77. The largest absolute Gasteiger partial charge is 0.372 e. The van der Waals surface area contributed by atoms with Gasteiger partial charge in [-0.1, -0.05) is 48.5 Å². The van der Waals surface area contributed by atoms with Crippen LogP contribution in [0.25, 0.3) is 0 Å². The van der Waals surface area contributed by atoms with Crippen LogP contribution in [-0.4, -0.2) is 23.0 Å². The van der Waals surface area contributed by atoms with Crippen molar-refractivity contribution in [2.24, 2.45) is 5.73 Å². The minimum absolute atomic E-state index is 0.458. The molecule has 5 nitrogen and oxygen atoms in total. The summed E-state index contributed by atoms with van der Waals surface area (Å²) in [6.07, 6.45) is 0. The normalized spacial score (nSPS) is 21.5. The molecule has 0 aromatic heterocycles. The van der Waals surface area contributed by atoms with Crippen LogP contribution in [0.4, 0.5) is 5.69 Å². The molecule has 0 saturated carbocycles. The summed E-state index contributed by atoms with van der Waals surface area (Å²) >= 11 is 0. The molecule has 22 heavy (non-hydrogen) atoms. The fraction of sp³-hybridized carbons (Fsp3) is 0.176. The number of para-hydroxylation sites is 1. The lowest BCUT2D eigenvalue weighted by Crippen LogP contribution is -2.49. The summed E-state index contributed by atoms with van der Waals surface area (Å²) in [7, 11) is 0. The minimum Gasteiger partial charge on any atom is -0.372 e. The highest BCUT2D eigenvalue weighted by molar-refractivity contribution is 6.12. The van der Waals surface area contributed by atoms with Gasteiger partial charge in [0, 0.05) is 5.56 Å². The van der Waals surface area contributed by atoms with E-state index < -0.39 is 23.5 Å². The first kappa shape index (κ1) is 14.3. The van der Waals surface area contributed by atoms with E-state index >= 15 is 0 Å². The van der Waals surface area contributed by atoms with Gasteiger partial charge in [0.2, 0.25) is 5.91 Å². The van der Waals surface area contributed by atoms with Crippen molar-refractivity contribution >= 4 is 17.5 Å². The highest BCUT2D eigenvalue weighted by Crippen LogP contribution is 2.44. The molecule has 3 rings (SSSR count). The van der Waals surface area contributed by atoms with Gasteiger partial charge in [-0.05, 0) is 18.6 Å². The van der Waals surface area contributed by atoms with Gasteiger partial charge in [-0.15, -0.1) is 0 Å². The van der Waals surface area contributed by atoms with Crippen LogP contribution in [0.2, 0.25) is 0 Å². The zero-order chi connectivity index (χ0) is 15.9. The lowest BCUT2D eigenvalue weighted by molar-refractivity contribution is -0.134. The Balaban J connectivity index is 2.22. The van der Waals surface area contributed by atoms with Crippen molar-refractivity contribution in [2.75, 3.05) is 4.90 Å². The molecule has 0 bridgehead atoms. The predicted molar refractivity (Wildman–Crippen MR) is 82.0 cm³/mol. The Kier molecular flexibility index (Phi) is 3.22. The van der Waals surface area contributed by atoms with E-state index in [1.807, 2.05) is 6.07 Å². The maximum atomic E-state index is 12.9. The Morgan fingerprint density at radius 2 is 1.73 bits per heavy atom. The van der Waals surface area contributed by atoms with Crippen LogP contribution in [-0.2, 0) is 15.2 Å². The van der Waals surface area contributed by atoms with Crippen LogP contribution in [0.3, 0.4) is 0 Å². The van der Waals surface area contributed by atoms with E-state index in [0.29, 0.717) is 16.8 Å². The molecular formula is C17H16N2O3. The number of amides is 2. The van der Waals surface area contributed by atoms with E-state index in [1.165, 1.54) is 4.90 Å². The number of primary amides is 1. The molecular weight excluding hydrogens is 280 g/mol. The smallest absolute Gasteiger partial charge is 0.269 e. The van der Waals surface area contributed by atoms with Crippen molar-refractivity contribution in [3.05, 3.63) is 65.7 Å². The SMILES string of the molecule is CC(C(N)=O)N1C(=O)C(O)(c2ccccc2)c2ccccc21. The molecule has 0 saturated heterocycles. The highest BCUT2D eigenvalue weighted by atomic mass is 16.3. The van der Waals surface area contributed by atoms with Crippen LogP contribution in [0.1, 0.15) is 18.1 Å².